The zero-order chi connectivity index (χ0) is 11.0. The lowest BCUT2D eigenvalue weighted by atomic mass is 11.2. The molecule has 0 amide bonds. The highest BCUT2D eigenvalue weighted by Gasteiger charge is 2.29. The van der Waals surface area contributed by atoms with Crippen LogP contribution in [0.15, 0.2) is 0 Å². The van der Waals surface area contributed by atoms with E-state index in [1.807, 2.05) is 0 Å². The Morgan fingerprint density at radius 1 is 0.769 bits per heavy atom. The van der Waals surface area contributed by atoms with Gasteiger partial charge < -0.3 is 11.1 Å². The number of hydrogen-bond acceptors (Lipinski definition) is 3. The standard InChI is InChI=1S/C6H18N3S.N3/c1-7(2)10(8(3)4)9(5)6;1-3-2/h1-6H3;/q+1;-1. The Balaban J connectivity index is 0. The average molecular weight is 206 g/mol. The van der Waals surface area contributed by atoms with Gasteiger partial charge in [-0.15, -0.1) is 0 Å². The molecule has 0 heterocycles. The second-order valence-corrected chi connectivity index (χ2v) is 5.45. The van der Waals surface area contributed by atoms with E-state index >= 15 is 0 Å². The van der Waals surface area contributed by atoms with E-state index in [-0.39, 0.29) is 11.5 Å². The molecular formula is C6H18N6S. The van der Waals surface area contributed by atoms with Gasteiger partial charge in [0, 0.05) is 42.3 Å². The van der Waals surface area contributed by atoms with Crippen molar-refractivity contribution in [1.29, 1.82) is 0 Å². The second-order valence-electron chi connectivity index (χ2n) is 2.77. The van der Waals surface area contributed by atoms with E-state index in [0.29, 0.717) is 0 Å². The molecule has 0 aliphatic rings. The highest BCUT2D eigenvalue weighted by molar-refractivity contribution is 7.90. The molecule has 6 nitrogen and oxygen atoms in total. The summed E-state index contributed by atoms with van der Waals surface area (Å²) >= 11 is 0.120. The van der Waals surface area contributed by atoms with Crippen LogP contribution >= 0.6 is 0 Å². The molecule has 0 N–H and O–H groups in total. The van der Waals surface area contributed by atoms with Gasteiger partial charge in [0.1, 0.15) is 0 Å². The van der Waals surface area contributed by atoms with Gasteiger partial charge in [-0.2, -0.15) is 0 Å². The van der Waals surface area contributed by atoms with Gasteiger partial charge in [-0.1, -0.05) is 12.9 Å². The molecule has 0 aromatic heterocycles. The first-order valence-electron chi connectivity index (χ1n) is 3.63. The third-order valence-electron chi connectivity index (χ3n) is 0.980. The maximum atomic E-state index is 6.75. The normalized spacial score (nSPS) is 10.3. The predicted octanol–water partition coefficient (Wildman–Crippen LogP) is 0.901. The fourth-order valence-corrected chi connectivity index (χ4v) is 2.94. The molecule has 0 saturated heterocycles. The third kappa shape index (κ3) is 7.89. The predicted molar refractivity (Wildman–Crippen MR) is 58.5 cm³/mol. The lowest BCUT2D eigenvalue weighted by Crippen LogP contribution is -2.44. The van der Waals surface area contributed by atoms with Crippen molar-refractivity contribution in [2.45, 2.75) is 0 Å². The summed E-state index contributed by atoms with van der Waals surface area (Å²) in [5, 5.41) is 0. The fourth-order valence-electron chi connectivity index (χ4n) is 0.980. The zero-order valence-corrected chi connectivity index (χ0v) is 9.91. The highest BCUT2D eigenvalue weighted by atomic mass is 32.2. The first-order chi connectivity index (χ1) is 5.88. The van der Waals surface area contributed by atoms with Crippen molar-refractivity contribution in [3.8, 4) is 0 Å². The van der Waals surface area contributed by atoms with E-state index in [9.17, 15) is 0 Å². The van der Waals surface area contributed by atoms with Crippen LogP contribution in [0, 0.1) is 0 Å². The van der Waals surface area contributed by atoms with Crippen LogP contribution < -0.4 is 0 Å². The molecule has 0 aromatic rings. The lowest BCUT2D eigenvalue weighted by molar-refractivity contribution is 0.511. The van der Waals surface area contributed by atoms with Crippen molar-refractivity contribution < 1.29 is 0 Å². The third-order valence-corrected chi connectivity index (χ3v) is 2.94. The molecule has 0 saturated carbocycles. The summed E-state index contributed by atoms with van der Waals surface area (Å²) in [7, 11) is 12.5. The minimum Gasteiger partial charge on any atom is -0.373 e. The Morgan fingerprint density at radius 2 is 0.923 bits per heavy atom. The molecule has 0 rings (SSSR count). The van der Waals surface area contributed by atoms with Crippen LogP contribution in [-0.2, 0) is 11.5 Å². The van der Waals surface area contributed by atoms with Gasteiger partial charge in [-0.25, -0.2) is 0 Å². The first kappa shape index (κ1) is 15.0. The molecule has 78 valence electrons. The smallest absolute Gasteiger partial charge is 0.266 e. The van der Waals surface area contributed by atoms with Gasteiger partial charge in [0.25, 0.3) is 11.5 Å². The average Bonchev–Trinajstić information content (AvgIpc) is 1.84. The van der Waals surface area contributed by atoms with Crippen molar-refractivity contribution >= 4 is 11.5 Å². The molecule has 7 heteroatoms. The van der Waals surface area contributed by atoms with Crippen molar-refractivity contribution in [2.24, 2.45) is 0 Å². The monoisotopic (exact) mass is 206 g/mol. The minimum atomic E-state index is 0.120. The molecule has 0 radical (unpaired) electrons. The summed E-state index contributed by atoms with van der Waals surface area (Å²) in [5.74, 6) is 0. The molecule has 0 bridgehead atoms. The van der Waals surface area contributed by atoms with Crippen molar-refractivity contribution in [2.75, 3.05) is 42.3 Å². The van der Waals surface area contributed by atoms with E-state index in [1.165, 1.54) is 4.91 Å². The van der Waals surface area contributed by atoms with Crippen molar-refractivity contribution in [1.82, 2.24) is 12.9 Å². The van der Waals surface area contributed by atoms with Crippen LogP contribution in [0.25, 0.3) is 16.0 Å². The van der Waals surface area contributed by atoms with Gasteiger partial charge in [0.05, 0.1) is 0 Å². The van der Waals surface area contributed by atoms with Crippen LogP contribution in [0.3, 0.4) is 0 Å². The van der Waals surface area contributed by atoms with Gasteiger partial charge in [-0.05, 0) is 0 Å². The van der Waals surface area contributed by atoms with Crippen LogP contribution in [0.2, 0.25) is 0 Å². The molecule has 0 atom stereocenters. The quantitative estimate of drug-likeness (QED) is 0.298. The van der Waals surface area contributed by atoms with Crippen LogP contribution in [0.1, 0.15) is 0 Å². The Bertz CT molecular complexity index is 132. The Hall–Kier alpha value is -0.460. The van der Waals surface area contributed by atoms with Gasteiger partial charge in [0.2, 0.25) is 0 Å². The summed E-state index contributed by atoms with van der Waals surface area (Å²) < 4.78 is 6.58. The topological polar surface area (TPSA) is 68.4 Å². The molecule has 13 heavy (non-hydrogen) atoms. The van der Waals surface area contributed by atoms with E-state index in [0.717, 1.165) is 0 Å². The summed E-state index contributed by atoms with van der Waals surface area (Å²) in [5.41, 5.74) is 13.5. The maximum Gasteiger partial charge on any atom is 0.266 e. The van der Waals surface area contributed by atoms with Crippen molar-refractivity contribution in [3.05, 3.63) is 16.0 Å². The lowest BCUT2D eigenvalue weighted by Gasteiger charge is -2.20. The summed E-state index contributed by atoms with van der Waals surface area (Å²) in [6.45, 7) is 0. The molecule has 0 spiro atoms. The Morgan fingerprint density at radius 3 is 0.923 bits per heavy atom. The molecular weight excluding hydrogens is 188 g/mol. The highest BCUT2D eigenvalue weighted by Crippen LogP contribution is 2.05. The largest absolute Gasteiger partial charge is 0.373 e. The maximum absolute atomic E-state index is 6.75. The van der Waals surface area contributed by atoms with Gasteiger partial charge in [-0.3, -0.25) is 4.91 Å². The number of hydrogen-bond donors (Lipinski definition) is 0. The van der Waals surface area contributed by atoms with Crippen molar-refractivity contribution in [3.63, 3.8) is 0 Å². The van der Waals surface area contributed by atoms with E-state index in [4.69, 9.17) is 11.1 Å². The van der Waals surface area contributed by atoms with E-state index in [1.54, 1.807) is 0 Å². The molecule has 0 aliphatic carbocycles. The van der Waals surface area contributed by atoms with E-state index < -0.39 is 0 Å². The van der Waals surface area contributed by atoms with E-state index in [2.05, 4.69) is 55.2 Å². The second kappa shape index (κ2) is 8.15. The Labute approximate surface area is 83.3 Å². The fraction of sp³-hybridized carbons (Fsp3) is 1.00. The number of rotatable bonds is 3. The number of nitrogens with zero attached hydrogens (tertiary/aromatic N) is 6. The van der Waals surface area contributed by atoms with Gasteiger partial charge in [0.15, 0.2) is 0 Å². The molecule has 0 fully saturated rings. The van der Waals surface area contributed by atoms with Crippen LogP contribution in [-0.4, -0.2) is 55.2 Å². The van der Waals surface area contributed by atoms with Gasteiger partial charge >= 0.3 is 0 Å². The summed E-state index contributed by atoms with van der Waals surface area (Å²) in [6.07, 6.45) is 0. The minimum absolute atomic E-state index is 0.120. The molecule has 0 aromatic carbocycles. The summed E-state index contributed by atoms with van der Waals surface area (Å²) in [4.78, 5) is 1.50. The molecule has 0 unspecified atom stereocenters. The molecule has 0 aliphatic heterocycles. The summed E-state index contributed by atoms with van der Waals surface area (Å²) in [6, 6.07) is 0. The SMILES string of the molecule is CN(C)[S+](N(C)C)N(C)C.[N-]=[N+]=[N-]. The zero-order valence-electron chi connectivity index (χ0n) is 9.09. The first-order valence-corrected chi connectivity index (χ1v) is 4.73. The van der Waals surface area contributed by atoms with Crippen LogP contribution in [0.5, 0.6) is 0 Å². The van der Waals surface area contributed by atoms with Crippen LogP contribution in [0.4, 0.5) is 0 Å². The Kier molecular flexibility index (Phi) is 9.43.